The number of amides is 1. The molecular weight excluding hydrogens is 442 g/mol. The van der Waals surface area contributed by atoms with Gasteiger partial charge in [-0.3, -0.25) is 9.59 Å². The lowest BCUT2D eigenvalue weighted by Crippen LogP contribution is -2.14. The van der Waals surface area contributed by atoms with E-state index in [4.69, 9.17) is 25.5 Å². The Morgan fingerprint density at radius 3 is 2.48 bits per heavy atom. The molecule has 166 valence electrons. The number of rotatable bonds is 8. The highest BCUT2D eigenvalue weighted by atomic mass is 35.5. The van der Waals surface area contributed by atoms with Gasteiger partial charge in [-0.25, -0.2) is 0 Å². The number of nitrogens with one attached hydrogen (secondary N) is 1. The molecule has 0 aliphatic heterocycles. The number of furan rings is 1. The van der Waals surface area contributed by atoms with Gasteiger partial charge in [-0.2, -0.15) is 0 Å². The van der Waals surface area contributed by atoms with Crippen molar-refractivity contribution in [1.29, 1.82) is 0 Å². The zero-order chi connectivity index (χ0) is 23.2. The minimum Gasteiger partial charge on any atom is -0.497 e. The lowest BCUT2D eigenvalue weighted by atomic mass is 10.0. The number of hydrogen-bond donors (Lipinski definition) is 1. The topological polar surface area (TPSA) is 77.8 Å². The molecule has 1 amide bonds. The summed E-state index contributed by atoms with van der Waals surface area (Å²) in [6, 6.07) is 23.9. The summed E-state index contributed by atoms with van der Waals surface area (Å²) in [5.41, 5.74) is 1.12. The van der Waals surface area contributed by atoms with Crippen molar-refractivity contribution in [2.45, 2.75) is 6.61 Å². The summed E-state index contributed by atoms with van der Waals surface area (Å²) in [4.78, 5) is 25.7. The molecule has 1 heterocycles. The number of methoxy groups -OCH3 is 1. The standard InChI is InChI=1S/C26H20ClNO5/c1-31-19-8-5-9-20(15-19)32-16-21-11-13-24(33-21)26(30)28-23-12-10-18(27)14-22(23)25(29)17-6-3-2-4-7-17/h2-15H,16H2,1H3,(H,28,30). The van der Waals surface area contributed by atoms with Crippen LogP contribution in [-0.2, 0) is 6.61 Å². The molecule has 7 heteroatoms. The molecule has 0 atom stereocenters. The Labute approximate surface area is 195 Å². The van der Waals surface area contributed by atoms with Gasteiger partial charge in [-0.05, 0) is 42.5 Å². The van der Waals surface area contributed by atoms with Crippen molar-refractivity contribution in [2.24, 2.45) is 0 Å². The van der Waals surface area contributed by atoms with E-state index in [-0.39, 0.29) is 23.7 Å². The largest absolute Gasteiger partial charge is 0.497 e. The Kier molecular flexibility index (Phi) is 6.76. The molecule has 4 rings (SSSR count). The first-order chi connectivity index (χ1) is 16.0. The molecule has 0 saturated heterocycles. The number of anilines is 1. The van der Waals surface area contributed by atoms with Gasteiger partial charge in [0.2, 0.25) is 0 Å². The van der Waals surface area contributed by atoms with Gasteiger partial charge in [0.1, 0.15) is 23.9 Å². The fourth-order valence-corrected chi connectivity index (χ4v) is 3.34. The SMILES string of the molecule is COc1cccc(OCc2ccc(C(=O)Nc3ccc(Cl)cc3C(=O)c3ccccc3)o2)c1. The monoisotopic (exact) mass is 461 g/mol. The highest BCUT2D eigenvalue weighted by Crippen LogP contribution is 2.25. The minimum absolute atomic E-state index is 0.0901. The smallest absolute Gasteiger partial charge is 0.291 e. The summed E-state index contributed by atoms with van der Waals surface area (Å²) >= 11 is 6.10. The summed E-state index contributed by atoms with van der Waals surface area (Å²) in [5, 5.41) is 3.13. The van der Waals surface area contributed by atoms with Gasteiger partial charge in [0.05, 0.1) is 12.8 Å². The number of halogens is 1. The van der Waals surface area contributed by atoms with Crippen LogP contribution in [0, 0.1) is 0 Å². The van der Waals surface area contributed by atoms with Gasteiger partial charge in [0, 0.05) is 22.2 Å². The second-order valence-electron chi connectivity index (χ2n) is 7.07. The van der Waals surface area contributed by atoms with Crippen molar-refractivity contribution in [2.75, 3.05) is 12.4 Å². The van der Waals surface area contributed by atoms with E-state index in [0.29, 0.717) is 33.5 Å². The predicted molar refractivity (Wildman–Crippen MR) is 125 cm³/mol. The minimum atomic E-state index is -0.493. The predicted octanol–water partition coefficient (Wildman–Crippen LogP) is 6.00. The van der Waals surface area contributed by atoms with Crippen molar-refractivity contribution >= 4 is 29.0 Å². The molecule has 0 bridgehead atoms. The zero-order valence-corrected chi connectivity index (χ0v) is 18.5. The summed E-state index contributed by atoms with van der Waals surface area (Å²) < 4.78 is 16.5. The van der Waals surface area contributed by atoms with Crippen LogP contribution in [-0.4, -0.2) is 18.8 Å². The molecule has 1 N–H and O–H groups in total. The maximum Gasteiger partial charge on any atom is 0.291 e. The third kappa shape index (κ3) is 5.42. The van der Waals surface area contributed by atoms with E-state index in [0.717, 1.165) is 0 Å². The zero-order valence-electron chi connectivity index (χ0n) is 17.7. The van der Waals surface area contributed by atoms with E-state index < -0.39 is 5.91 Å². The molecule has 0 aliphatic rings. The molecule has 4 aromatic rings. The third-order valence-electron chi connectivity index (χ3n) is 4.82. The van der Waals surface area contributed by atoms with Gasteiger partial charge < -0.3 is 19.2 Å². The molecule has 0 spiro atoms. The summed E-state index contributed by atoms with van der Waals surface area (Å²) in [5.74, 6) is 1.11. The Hall–Kier alpha value is -4.03. The van der Waals surface area contributed by atoms with Crippen molar-refractivity contribution in [3.05, 3.63) is 113 Å². The van der Waals surface area contributed by atoms with Gasteiger partial charge in [0.25, 0.3) is 5.91 Å². The Morgan fingerprint density at radius 2 is 1.70 bits per heavy atom. The second-order valence-corrected chi connectivity index (χ2v) is 7.51. The van der Waals surface area contributed by atoms with Crippen LogP contribution in [0.15, 0.2) is 89.3 Å². The van der Waals surface area contributed by atoms with Crippen molar-refractivity contribution in [3.63, 3.8) is 0 Å². The Bertz CT molecular complexity index is 1280. The van der Waals surface area contributed by atoms with Crippen LogP contribution in [0.2, 0.25) is 5.02 Å². The normalized spacial score (nSPS) is 10.5. The quantitative estimate of drug-likeness (QED) is 0.325. The van der Waals surface area contributed by atoms with E-state index in [2.05, 4.69) is 5.32 Å². The van der Waals surface area contributed by atoms with Gasteiger partial charge in [0.15, 0.2) is 11.5 Å². The molecule has 0 unspecified atom stereocenters. The summed E-state index contributed by atoms with van der Waals surface area (Å²) in [7, 11) is 1.58. The van der Waals surface area contributed by atoms with Crippen LogP contribution in [0.4, 0.5) is 5.69 Å². The lowest BCUT2D eigenvalue weighted by molar-refractivity contribution is 0.0992. The molecule has 33 heavy (non-hydrogen) atoms. The molecule has 6 nitrogen and oxygen atoms in total. The van der Waals surface area contributed by atoms with Crippen LogP contribution in [0.5, 0.6) is 11.5 Å². The fraction of sp³-hybridized carbons (Fsp3) is 0.0769. The van der Waals surface area contributed by atoms with Crippen molar-refractivity contribution in [1.82, 2.24) is 0 Å². The first kappa shape index (κ1) is 22.2. The summed E-state index contributed by atoms with van der Waals surface area (Å²) in [6.07, 6.45) is 0. The second kappa shape index (κ2) is 10.1. The third-order valence-corrected chi connectivity index (χ3v) is 5.05. The molecule has 0 radical (unpaired) electrons. The van der Waals surface area contributed by atoms with Crippen LogP contribution in [0.25, 0.3) is 0 Å². The lowest BCUT2D eigenvalue weighted by Gasteiger charge is -2.10. The number of carbonyl (C=O) groups excluding carboxylic acids is 2. The van der Waals surface area contributed by atoms with Gasteiger partial charge >= 0.3 is 0 Å². The molecule has 0 aliphatic carbocycles. The number of hydrogen-bond acceptors (Lipinski definition) is 5. The number of ketones is 1. The Morgan fingerprint density at radius 1 is 0.909 bits per heavy atom. The van der Waals surface area contributed by atoms with E-state index >= 15 is 0 Å². The van der Waals surface area contributed by atoms with Gasteiger partial charge in [-0.15, -0.1) is 0 Å². The molecule has 0 saturated carbocycles. The van der Waals surface area contributed by atoms with Crippen LogP contribution >= 0.6 is 11.6 Å². The number of carbonyl (C=O) groups is 2. The first-order valence-corrected chi connectivity index (χ1v) is 10.5. The molecular formula is C26H20ClNO5. The average molecular weight is 462 g/mol. The van der Waals surface area contributed by atoms with Crippen LogP contribution in [0.1, 0.15) is 32.2 Å². The maximum atomic E-state index is 12.9. The van der Waals surface area contributed by atoms with E-state index in [9.17, 15) is 9.59 Å². The average Bonchev–Trinajstić information content (AvgIpc) is 3.33. The number of benzene rings is 3. The highest BCUT2D eigenvalue weighted by molar-refractivity contribution is 6.31. The summed E-state index contributed by atoms with van der Waals surface area (Å²) in [6.45, 7) is 0.138. The van der Waals surface area contributed by atoms with Crippen molar-refractivity contribution < 1.29 is 23.5 Å². The first-order valence-electron chi connectivity index (χ1n) is 10.1. The molecule has 1 aromatic heterocycles. The highest BCUT2D eigenvalue weighted by Gasteiger charge is 2.18. The van der Waals surface area contributed by atoms with E-state index in [1.54, 1.807) is 67.8 Å². The van der Waals surface area contributed by atoms with E-state index in [1.807, 2.05) is 18.2 Å². The van der Waals surface area contributed by atoms with Crippen molar-refractivity contribution in [3.8, 4) is 11.5 Å². The van der Waals surface area contributed by atoms with Gasteiger partial charge in [-0.1, -0.05) is 48.0 Å². The molecule has 0 fully saturated rings. The fourth-order valence-electron chi connectivity index (χ4n) is 3.17. The Balaban J connectivity index is 1.47. The van der Waals surface area contributed by atoms with E-state index in [1.165, 1.54) is 6.07 Å². The number of ether oxygens (including phenoxy) is 2. The van der Waals surface area contributed by atoms with Crippen LogP contribution < -0.4 is 14.8 Å². The van der Waals surface area contributed by atoms with Crippen LogP contribution in [0.3, 0.4) is 0 Å². The molecule has 3 aromatic carbocycles. The maximum absolute atomic E-state index is 12.9.